The first-order valence-electron chi connectivity index (χ1n) is 9.11. The predicted molar refractivity (Wildman–Crippen MR) is 86.4 cm³/mol. The summed E-state index contributed by atoms with van der Waals surface area (Å²) in [6.07, 6.45) is 11.7. The lowest BCUT2D eigenvalue weighted by Gasteiger charge is -2.58. The SMILES string of the molecule is C[C@]12C=CCNC1CC[C@@H]1[C@@H]2CC[C@]2(C)C(C(=O)O)CC[C@@H]12. The van der Waals surface area contributed by atoms with Crippen molar-refractivity contribution in [2.24, 2.45) is 34.5 Å². The average molecular weight is 303 g/mol. The Bertz CT molecular complexity index is 516. The standard InChI is InChI=1S/C19H29NO2/c1-18-10-8-14-12(13(18)5-6-15(18)17(21)22)4-7-16-19(14,2)9-3-11-20-16/h3,9,12-16,20H,4-8,10-11H2,1-2H3,(H,21,22)/t12-,13-,14-,15?,16?,18-,19+/m0/s1. The van der Waals surface area contributed by atoms with E-state index in [-0.39, 0.29) is 16.7 Å². The van der Waals surface area contributed by atoms with Crippen LogP contribution in [0.25, 0.3) is 0 Å². The number of carboxylic acid groups (broad SMARTS) is 1. The van der Waals surface area contributed by atoms with Gasteiger partial charge in [0.15, 0.2) is 0 Å². The highest BCUT2D eigenvalue weighted by molar-refractivity contribution is 5.71. The van der Waals surface area contributed by atoms with Crippen molar-refractivity contribution in [2.45, 2.75) is 58.4 Å². The molecule has 0 bridgehead atoms. The lowest BCUT2D eigenvalue weighted by atomic mass is 9.48. The van der Waals surface area contributed by atoms with Crippen LogP contribution in [0.2, 0.25) is 0 Å². The number of carboxylic acids is 1. The summed E-state index contributed by atoms with van der Waals surface area (Å²) < 4.78 is 0. The minimum Gasteiger partial charge on any atom is -0.481 e. The molecule has 3 nitrogen and oxygen atoms in total. The second-order valence-electron chi connectivity index (χ2n) is 8.70. The summed E-state index contributed by atoms with van der Waals surface area (Å²) in [5.41, 5.74) is 0.325. The molecule has 0 spiro atoms. The van der Waals surface area contributed by atoms with Gasteiger partial charge < -0.3 is 10.4 Å². The van der Waals surface area contributed by atoms with Gasteiger partial charge in [0.25, 0.3) is 0 Å². The van der Waals surface area contributed by atoms with E-state index < -0.39 is 5.97 Å². The fourth-order valence-electron chi connectivity index (χ4n) is 6.88. The van der Waals surface area contributed by atoms with Gasteiger partial charge in [-0.3, -0.25) is 4.79 Å². The molecule has 2 unspecified atom stereocenters. The van der Waals surface area contributed by atoms with Crippen molar-refractivity contribution >= 4 is 5.97 Å². The van der Waals surface area contributed by atoms with Crippen molar-refractivity contribution in [1.29, 1.82) is 0 Å². The van der Waals surface area contributed by atoms with E-state index in [1.54, 1.807) is 0 Å². The smallest absolute Gasteiger partial charge is 0.307 e. The Hall–Kier alpha value is -0.830. The van der Waals surface area contributed by atoms with Crippen LogP contribution in [0, 0.1) is 34.5 Å². The van der Waals surface area contributed by atoms with E-state index in [2.05, 4.69) is 31.3 Å². The Morgan fingerprint density at radius 2 is 1.95 bits per heavy atom. The minimum atomic E-state index is -0.553. The van der Waals surface area contributed by atoms with Crippen LogP contribution in [0.4, 0.5) is 0 Å². The van der Waals surface area contributed by atoms with Crippen molar-refractivity contribution in [1.82, 2.24) is 5.32 Å². The van der Waals surface area contributed by atoms with Crippen LogP contribution in [-0.2, 0) is 4.79 Å². The van der Waals surface area contributed by atoms with Gasteiger partial charge >= 0.3 is 5.97 Å². The monoisotopic (exact) mass is 303 g/mol. The maximum Gasteiger partial charge on any atom is 0.307 e. The highest BCUT2D eigenvalue weighted by Gasteiger charge is 2.60. The van der Waals surface area contributed by atoms with Crippen LogP contribution >= 0.6 is 0 Å². The first kappa shape index (κ1) is 14.7. The quantitative estimate of drug-likeness (QED) is 0.729. The molecule has 0 saturated heterocycles. The van der Waals surface area contributed by atoms with Crippen molar-refractivity contribution < 1.29 is 9.90 Å². The van der Waals surface area contributed by atoms with Gasteiger partial charge in [-0.1, -0.05) is 26.0 Å². The molecule has 3 saturated carbocycles. The minimum absolute atomic E-state index is 0.0437. The van der Waals surface area contributed by atoms with Crippen LogP contribution in [0.3, 0.4) is 0 Å². The van der Waals surface area contributed by atoms with E-state index in [1.807, 2.05) is 0 Å². The molecule has 3 fully saturated rings. The maximum absolute atomic E-state index is 11.7. The molecule has 2 N–H and O–H groups in total. The van der Waals surface area contributed by atoms with Gasteiger partial charge in [0.2, 0.25) is 0 Å². The molecule has 0 radical (unpaired) electrons. The highest BCUT2D eigenvalue weighted by atomic mass is 16.4. The van der Waals surface area contributed by atoms with Gasteiger partial charge in [-0.25, -0.2) is 0 Å². The van der Waals surface area contributed by atoms with E-state index in [0.29, 0.717) is 12.0 Å². The zero-order chi connectivity index (χ0) is 15.5. The topological polar surface area (TPSA) is 49.3 Å². The number of hydrogen-bond donors (Lipinski definition) is 2. The van der Waals surface area contributed by atoms with Crippen molar-refractivity contribution in [3.05, 3.63) is 12.2 Å². The van der Waals surface area contributed by atoms with E-state index in [9.17, 15) is 9.90 Å². The molecular weight excluding hydrogens is 274 g/mol. The molecule has 0 amide bonds. The third-order valence-corrected chi connectivity index (χ3v) is 8.03. The Labute approximate surface area is 133 Å². The summed E-state index contributed by atoms with van der Waals surface area (Å²) in [5, 5.41) is 13.3. The highest BCUT2D eigenvalue weighted by Crippen LogP contribution is 2.64. The molecule has 0 aromatic rings. The normalized spacial score (nSPS) is 53.5. The lowest BCUT2D eigenvalue weighted by molar-refractivity contribution is -0.149. The number of fused-ring (bicyclic) bond motifs is 5. The van der Waals surface area contributed by atoms with E-state index in [0.717, 1.165) is 37.6 Å². The fraction of sp³-hybridized carbons (Fsp3) is 0.842. The number of carbonyl (C=O) groups is 1. The zero-order valence-corrected chi connectivity index (χ0v) is 13.8. The number of rotatable bonds is 1. The van der Waals surface area contributed by atoms with Gasteiger partial charge in [0.1, 0.15) is 0 Å². The zero-order valence-electron chi connectivity index (χ0n) is 13.8. The summed E-state index contributed by atoms with van der Waals surface area (Å²) in [6.45, 7) is 5.74. The third kappa shape index (κ3) is 1.81. The molecule has 122 valence electrons. The second-order valence-corrected chi connectivity index (χ2v) is 8.70. The molecule has 7 atom stereocenters. The first-order valence-corrected chi connectivity index (χ1v) is 9.11. The van der Waals surface area contributed by atoms with E-state index in [1.165, 1.54) is 19.3 Å². The number of aliphatic carboxylic acids is 1. The molecule has 1 aliphatic heterocycles. The lowest BCUT2D eigenvalue weighted by Crippen LogP contribution is -2.58. The summed E-state index contributed by atoms with van der Waals surface area (Å²) in [4.78, 5) is 11.7. The fourth-order valence-corrected chi connectivity index (χ4v) is 6.88. The van der Waals surface area contributed by atoms with Gasteiger partial charge in [-0.15, -0.1) is 0 Å². The molecule has 3 heteroatoms. The first-order chi connectivity index (χ1) is 10.5. The molecule has 1 heterocycles. The molecule has 22 heavy (non-hydrogen) atoms. The van der Waals surface area contributed by atoms with Crippen molar-refractivity contribution in [3.8, 4) is 0 Å². The predicted octanol–water partition coefficient (Wildman–Crippen LogP) is 3.46. The summed E-state index contributed by atoms with van der Waals surface area (Å²) in [6, 6.07) is 0.625. The Morgan fingerprint density at radius 3 is 2.73 bits per heavy atom. The molecule has 0 aromatic heterocycles. The molecule has 0 aromatic carbocycles. The van der Waals surface area contributed by atoms with Crippen molar-refractivity contribution in [2.75, 3.05) is 6.54 Å². The van der Waals surface area contributed by atoms with E-state index >= 15 is 0 Å². The van der Waals surface area contributed by atoms with Crippen LogP contribution in [0.5, 0.6) is 0 Å². The average Bonchev–Trinajstić information content (AvgIpc) is 2.84. The van der Waals surface area contributed by atoms with Crippen LogP contribution in [-0.4, -0.2) is 23.7 Å². The van der Waals surface area contributed by atoms with Crippen LogP contribution < -0.4 is 5.32 Å². The number of nitrogens with one attached hydrogen (secondary N) is 1. The molecule has 3 aliphatic carbocycles. The third-order valence-electron chi connectivity index (χ3n) is 8.03. The van der Waals surface area contributed by atoms with E-state index in [4.69, 9.17) is 0 Å². The Morgan fingerprint density at radius 1 is 1.14 bits per heavy atom. The summed E-state index contributed by atoms with van der Waals surface area (Å²) in [7, 11) is 0. The van der Waals surface area contributed by atoms with Gasteiger partial charge in [-0.2, -0.15) is 0 Å². The Balaban J connectivity index is 1.66. The summed E-state index contributed by atoms with van der Waals surface area (Å²) >= 11 is 0. The van der Waals surface area contributed by atoms with Crippen LogP contribution in [0.1, 0.15) is 52.4 Å². The largest absolute Gasteiger partial charge is 0.481 e. The molecule has 4 aliphatic rings. The summed E-state index contributed by atoms with van der Waals surface area (Å²) in [5.74, 6) is 1.43. The molecular formula is C19H29NO2. The van der Waals surface area contributed by atoms with Crippen LogP contribution in [0.15, 0.2) is 12.2 Å². The maximum atomic E-state index is 11.7. The van der Waals surface area contributed by atoms with Gasteiger partial charge in [0.05, 0.1) is 5.92 Å². The second kappa shape index (κ2) is 4.83. The number of hydrogen-bond acceptors (Lipinski definition) is 2. The molecule has 4 rings (SSSR count). The van der Waals surface area contributed by atoms with Crippen molar-refractivity contribution in [3.63, 3.8) is 0 Å². The Kier molecular flexibility index (Phi) is 3.24. The van der Waals surface area contributed by atoms with Gasteiger partial charge in [-0.05, 0) is 61.7 Å². The van der Waals surface area contributed by atoms with Gasteiger partial charge in [0, 0.05) is 18.0 Å².